The number of nitrogens with two attached hydrogens (primary N) is 1. The second-order valence-corrected chi connectivity index (χ2v) is 6.08. The number of ether oxygens (including phenoxy) is 1. The van der Waals surface area contributed by atoms with Crippen LogP contribution >= 0.6 is 0 Å². The zero-order valence-corrected chi connectivity index (χ0v) is 12.4. The van der Waals surface area contributed by atoms with Gasteiger partial charge in [-0.3, -0.25) is 4.79 Å². The number of amides is 1. The molecule has 0 aromatic carbocycles. The van der Waals surface area contributed by atoms with Crippen LogP contribution in [0.2, 0.25) is 0 Å². The number of rotatable bonds is 7. The Morgan fingerprint density at radius 1 is 1.20 bits per heavy atom. The van der Waals surface area contributed by atoms with Crippen LogP contribution in [0.4, 0.5) is 0 Å². The Morgan fingerprint density at radius 3 is 2.75 bits per heavy atom. The summed E-state index contributed by atoms with van der Waals surface area (Å²) < 4.78 is 5.21. The molecule has 2 rings (SSSR count). The summed E-state index contributed by atoms with van der Waals surface area (Å²) in [5.41, 5.74) is 5.04. The predicted octanol–water partition coefficient (Wildman–Crippen LogP) is 0.779. The Balaban J connectivity index is 1.70. The van der Waals surface area contributed by atoms with Crippen LogP contribution in [0.3, 0.4) is 0 Å². The molecule has 0 aromatic heterocycles. The van der Waals surface area contributed by atoms with E-state index in [2.05, 4.69) is 10.6 Å². The molecule has 1 aliphatic heterocycles. The van der Waals surface area contributed by atoms with Crippen molar-refractivity contribution in [2.24, 2.45) is 11.7 Å². The van der Waals surface area contributed by atoms with Crippen LogP contribution in [0.5, 0.6) is 0 Å². The molecule has 1 saturated heterocycles. The average Bonchev–Trinajstić information content (AvgIpc) is 2.48. The van der Waals surface area contributed by atoms with Gasteiger partial charge in [0.15, 0.2) is 0 Å². The Labute approximate surface area is 122 Å². The number of primary amides is 1. The number of hydrogen-bond acceptors (Lipinski definition) is 4. The van der Waals surface area contributed by atoms with Gasteiger partial charge < -0.3 is 21.1 Å². The van der Waals surface area contributed by atoms with Crippen molar-refractivity contribution >= 4 is 5.91 Å². The summed E-state index contributed by atoms with van der Waals surface area (Å²) in [6.07, 6.45) is 9.28. The maximum Gasteiger partial charge on any atom is 0.243 e. The summed E-state index contributed by atoms with van der Waals surface area (Å²) in [5.74, 6) is 0.354. The summed E-state index contributed by atoms with van der Waals surface area (Å²) in [6, 6.07) is 1.28. The Hall–Kier alpha value is -0.650. The highest BCUT2D eigenvalue weighted by Crippen LogP contribution is 2.30. The van der Waals surface area contributed by atoms with Crippen LogP contribution in [-0.2, 0) is 9.53 Å². The Morgan fingerprint density at radius 2 is 2.00 bits per heavy atom. The van der Waals surface area contributed by atoms with E-state index in [1.165, 1.54) is 51.5 Å². The molecule has 1 aliphatic carbocycles. The molecule has 1 heterocycles. The standard InChI is InChI=1S/C15H29N3O2/c16-15(19)11-20-10-9-18-14-6-2-1-5-12(14)13-7-3-4-8-17-13/h12-14,17-18H,1-11H2,(H2,16,19). The van der Waals surface area contributed by atoms with E-state index in [-0.39, 0.29) is 6.61 Å². The van der Waals surface area contributed by atoms with E-state index in [4.69, 9.17) is 10.5 Å². The van der Waals surface area contributed by atoms with Gasteiger partial charge in [0.1, 0.15) is 6.61 Å². The van der Waals surface area contributed by atoms with Crippen molar-refractivity contribution in [2.45, 2.75) is 57.0 Å². The lowest BCUT2D eigenvalue weighted by atomic mass is 9.77. The molecular weight excluding hydrogens is 254 g/mol. The summed E-state index contributed by atoms with van der Waals surface area (Å²) in [5, 5.41) is 7.33. The first kappa shape index (κ1) is 15.7. The molecule has 0 bridgehead atoms. The summed E-state index contributed by atoms with van der Waals surface area (Å²) in [4.78, 5) is 10.6. The molecule has 2 fully saturated rings. The number of carbonyl (C=O) groups is 1. The highest BCUT2D eigenvalue weighted by atomic mass is 16.5. The predicted molar refractivity (Wildman–Crippen MR) is 79.4 cm³/mol. The molecule has 0 radical (unpaired) electrons. The molecule has 0 spiro atoms. The Bertz CT molecular complexity index is 293. The van der Waals surface area contributed by atoms with E-state index >= 15 is 0 Å². The third-order valence-corrected chi connectivity index (χ3v) is 4.58. The fourth-order valence-corrected chi connectivity index (χ4v) is 3.63. The lowest BCUT2D eigenvalue weighted by Crippen LogP contribution is -2.51. The van der Waals surface area contributed by atoms with Gasteiger partial charge >= 0.3 is 0 Å². The molecule has 2 aliphatic rings. The van der Waals surface area contributed by atoms with Gasteiger partial charge in [0.2, 0.25) is 5.91 Å². The lowest BCUT2D eigenvalue weighted by Gasteiger charge is -2.40. The number of carbonyl (C=O) groups excluding carboxylic acids is 1. The zero-order valence-electron chi connectivity index (χ0n) is 12.4. The first-order valence-corrected chi connectivity index (χ1v) is 8.10. The minimum absolute atomic E-state index is 0.0277. The normalized spacial score (nSPS) is 31.1. The minimum Gasteiger partial charge on any atom is -0.370 e. The van der Waals surface area contributed by atoms with Crippen LogP contribution in [0.15, 0.2) is 0 Å². The zero-order chi connectivity index (χ0) is 14.2. The second-order valence-electron chi connectivity index (χ2n) is 6.08. The highest BCUT2D eigenvalue weighted by molar-refractivity contribution is 5.74. The maximum absolute atomic E-state index is 10.6. The number of piperidine rings is 1. The average molecular weight is 283 g/mol. The van der Waals surface area contributed by atoms with Gasteiger partial charge in [-0.1, -0.05) is 19.3 Å². The molecular formula is C15H29N3O2. The third-order valence-electron chi connectivity index (χ3n) is 4.58. The van der Waals surface area contributed by atoms with E-state index in [0.29, 0.717) is 18.7 Å². The van der Waals surface area contributed by atoms with Crippen LogP contribution < -0.4 is 16.4 Å². The smallest absolute Gasteiger partial charge is 0.243 e. The SMILES string of the molecule is NC(=O)COCCNC1CCCCC1C1CCCCN1. The molecule has 116 valence electrons. The van der Waals surface area contributed by atoms with Crippen LogP contribution in [0, 0.1) is 5.92 Å². The van der Waals surface area contributed by atoms with Crippen molar-refractivity contribution in [2.75, 3.05) is 26.3 Å². The largest absolute Gasteiger partial charge is 0.370 e. The molecule has 3 unspecified atom stereocenters. The highest BCUT2D eigenvalue weighted by Gasteiger charge is 2.31. The van der Waals surface area contributed by atoms with E-state index in [1.54, 1.807) is 0 Å². The number of hydrogen-bond donors (Lipinski definition) is 3. The molecule has 5 heteroatoms. The van der Waals surface area contributed by atoms with Crippen molar-refractivity contribution in [3.05, 3.63) is 0 Å². The lowest BCUT2D eigenvalue weighted by molar-refractivity contribution is -0.122. The van der Waals surface area contributed by atoms with Crippen LogP contribution in [0.1, 0.15) is 44.9 Å². The second kappa shape index (κ2) is 8.60. The van der Waals surface area contributed by atoms with Gasteiger partial charge in [-0.25, -0.2) is 0 Å². The summed E-state index contributed by atoms with van der Waals surface area (Å²) >= 11 is 0. The van der Waals surface area contributed by atoms with Crippen molar-refractivity contribution in [1.82, 2.24) is 10.6 Å². The molecule has 4 N–H and O–H groups in total. The number of nitrogens with one attached hydrogen (secondary N) is 2. The van der Waals surface area contributed by atoms with Gasteiger partial charge in [0.25, 0.3) is 0 Å². The topological polar surface area (TPSA) is 76.4 Å². The van der Waals surface area contributed by atoms with Crippen molar-refractivity contribution in [3.8, 4) is 0 Å². The van der Waals surface area contributed by atoms with Crippen LogP contribution in [-0.4, -0.2) is 44.3 Å². The molecule has 1 amide bonds. The fourth-order valence-electron chi connectivity index (χ4n) is 3.63. The van der Waals surface area contributed by atoms with Gasteiger partial charge in [-0.15, -0.1) is 0 Å². The molecule has 0 aromatic rings. The van der Waals surface area contributed by atoms with E-state index in [1.807, 2.05) is 0 Å². The third kappa shape index (κ3) is 5.04. The van der Waals surface area contributed by atoms with E-state index in [9.17, 15) is 4.79 Å². The quantitative estimate of drug-likeness (QED) is 0.604. The van der Waals surface area contributed by atoms with Gasteiger partial charge in [-0.05, 0) is 38.1 Å². The first-order valence-electron chi connectivity index (χ1n) is 8.10. The maximum atomic E-state index is 10.6. The minimum atomic E-state index is -0.396. The van der Waals surface area contributed by atoms with Crippen molar-refractivity contribution in [1.29, 1.82) is 0 Å². The first-order chi connectivity index (χ1) is 9.77. The van der Waals surface area contributed by atoms with Crippen molar-refractivity contribution in [3.63, 3.8) is 0 Å². The van der Waals surface area contributed by atoms with Crippen molar-refractivity contribution < 1.29 is 9.53 Å². The molecule has 20 heavy (non-hydrogen) atoms. The van der Waals surface area contributed by atoms with Gasteiger partial charge in [0.05, 0.1) is 6.61 Å². The fraction of sp³-hybridized carbons (Fsp3) is 0.933. The molecule has 3 atom stereocenters. The van der Waals surface area contributed by atoms with Gasteiger partial charge in [-0.2, -0.15) is 0 Å². The monoisotopic (exact) mass is 283 g/mol. The summed E-state index contributed by atoms with van der Waals surface area (Å²) in [7, 11) is 0. The van der Waals surface area contributed by atoms with E-state index < -0.39 is 5.91 Å². The van der Waals surface area contributed by atoms with Crippen LogP contribution in [0.25, 0.3) is 0 Å². The van der Waals surface area contributed by atoms with E-state index in [0.717, 1.165) is 12.5 Å². The molecule has 5 nitrogen and oxygen atoms in total. The van der Waals surface area contributed by atoms with Gasteiger partial charge in [0, 0.05) is 18.6 Å². The Kier molecular flexibility index (Phi) is 6.76. The molecule has 1 saturated carbocycles. The summed E-state index contributed by atoms with van der Waals surface area (Å²) in [6.45, 7) is 2.57.